The third-order valence-corrected chi connectivity index (χ3v) is 2.84. The summed E-state index contributed by atoms with van der Waals surface area (Å²) in [5.41, 5.74) is 0. The molecule has 0 saturated carbocycles. The van der Waals surface area contributed by atoms with Crippen LogP contribution in [0.3, 0.4) is 0 Å². The molecular weight excluding hydrogens is 162 g/mol. The minimum Gasteiger partial charge on any atom is -0.134 e. The molecule has 1 unspecified atom stereocenters. The van der Waals surface area contributed by atoms with Crippen LogP contribution in [0.15, 0.2) is 17.9 Å². The average molecular weight is 167 g/mol. The Morgan fingerprint density at radius 1 is 1.50 bits per heavy atom. The van der Waals surface area contributed by atoms with E-state index in [4.69, 9.17) is 23.2 Å². The van der Waals surface area contributed by atoms with E-state index in [-0.39, 0.29) is 4.84 Å². The average Bonchev–Trinajstić information content (AvgIpc) is 2.12. The smallest absolute Gasteiger partial charge is 0.134 e. The van der Waals surface area contributed by atoms with Gasteiger partial charge in [-0.2, -0.15) is 0 Å². The van der Waals surface area contributed by atoms with Crippen molar-refractivity contribution in [2.45, 2.75) is 4.84 Å². The second-order valence-electron chi connectivity index (χ2n) is 1.43. The van der Waals surface area contributed by atoms with Crippen LogP contribution >= 0.6 is 31.4 Å². The lowest BCUT2D eigenvalue weighted by Gasteiger charge is -1.91. The van der Waals surface area contributed by atoms with E-state index < -0.39 is 0 Å². The molecule has 0 N–H and O–H groups in total. The summed E-state index contributed by atoms with van der Waals surface area (Å²) in [5.74, 6) is 2.06. The maximum absolute atomic E-state index is 5.55. The quantitative estimate of drug-likeness (QED) is 0.563. The van der Waals surface area contributed by atoms with Crippen LogP contribution in [-0.2, 0) is 0 Å². The number of hydrogen-bond donors (Lipinski definition) is 0. The summed E-state index contributed by atoms with van der Waals surface area (Å²) in [4.78, 5) is -0.302. The SMILES string of the molecule is ClC(Cl)c1ccc[pH]1. The van der Waals surface area contributed by atoms with Crippen LogP contribution in [-0.4, -0.2) is 0 Å². The molecule has 0 aliphatic heterocycles. The zero-order valence-corrected chi connectivity index (χ0v) is 6.58. The molecule has 0 aliphatic carbocycles. The molecule has 0 radical (unpaired) electrons. The lowest BCUT2D eigenvalue weighted by molar-refractivity contribution is 1.46. The van der Waals surface area contributed by atoms with E-state index in [1.807, 2.05) is 12.1 Å². The molecule has 0 saturated heterocycles. The maximum atomic E-state index is 5.55. The molecule has 44 valence electrons. The molecule has 3 heteroatoms. The van der Waals surface area contributed by atoms with Crippen LogP contribution in [0.25, 0.3) is 0 Å². The standard InChI is InChI=1S/C5H5Cl2P/c6-5(7)4-2-1-3-8-4/h1-3,5,8H. The monoisotopic (exact) mass is 166 g/mol. The summed E-state index contributed by atoms with van der Waals surface area (Å²) in [7, 11) is 0.697. The first-order valence-electron chi connectivity index (χ1n) is 2.22. The van der Waals surface area contributed by atoms with E-state index in [1.165, 1.54) is 0 Å². The third kappa shape index (κ3) is 1.42. The van der Waals surface area contributed by atoms with Gasteiger partial charge in [-0.3, -0.25) is 0 Å². The molecule has 8 heavy (non-hydrogen) atoms. The molecule has 1 aromatic rings. The van der Waals surface area contributed by atoms with E-state index in [1.54, 1.807) is 0 Å². The number of rotatable bonds is 1. The molecule has 0 nitrogen and oxygen atoms in total. The summed E-state index contributed by atoms with van der Waals surface area (Å²) < 4.78 is 0. The lowest BCUT2D eigenvalue weighted by Crippen LogP contribution is -1.66. The first-order valence-corrected chi connectivity index (χ1v) is 4.17. The molecule has 0 spiro atoms. The van der Waals surface area contributed by atoms with Gasteiger partial charge in [0.05, 0.1) is 0 Å². The van der Waals surface area contributed by atoms with Gasteiger partial charge >= 0.3 is 0 Å². The first-order chi connectivity index (χ1) is 3.80. The molecule has 1 rings (SSSR count). The van der Waals surface area contributed by atoms with Crippen molar-refractivity contribution in [3.8, 4) is 0 Å². The van der Waals surface area contributed by atoms with Gasteiger partial charge in [0, 0.05) is 5.30 Å². The van der Waals surface area contributed by atoms with Gasteiger partial charge in [-0.15, -0.1) is 8.19 Å². The van der Waals surface area contributed by atoms with Crippen LogP contribution in [0.4, 0.5) is 0 Å². The fourth-order valence-corrected chi connectivity index (χ4v) is 1.71. The minimum atomic E-state index is -0.302. The van der Waals surface area contributed by atoms with Crippen LogP contribution in [0, 0.1) is 0 Å². The molecule has 0 aromatic carbocycles. The Morgan fingerprint density at radius 3 is 2.50 bits per heavy atom. The Hall–Kier alpha value is 0.360. The summed E-state index contributed by atoms with van der Waals surface area (Å²) in [6, 6.07) is 3.94. The fraction of sp³-hybridized carbons (Fsp3) is 0.200. The van der Waals surface area contributed by atoms with E-state index in [9.17, 15) is 0 Å². The Morgan fingerprint density at radius 2 is 2.25 bits per heavy atom. The van der Waals surface area contributed by atoms with Gasteiger partial charge in [-0.05, 0) is 5.80 Å². The fourth-order valence-electron chi connectivity index (χ4n) is 0.480. The zero-order chi connectivity index (χ0) is 5.98. The van der Waals surface area contributed by atoms with Crippen LogP contribution in [0.1, 0.15) is 10.1 Å². The van der Waals surface area contributed by atoms with Crippen molar-refractivity contribution in [3.05, 3.63) is 23.2 Å². The predicted molar refractivity (Wildman–Crippen MR) is 40.4 cm³/mol. The first kappa shape index (κ1) is 6.48. The Balaban J connectivity index is 2.77. The van der Waals surface area contributed by atoms with Gasteiger partial charge in [-0.25, -0.2) is 0 Å². The van der Waals surface area contributed by atoms with Crippen molar-refractivity contribution in [2.75, 3.05) is 0 Å². The van der Waals surface area contributed by atoms with Crippen molar-refractivity contribution in [1.29, 1.82) is 0 Å². The van der Waals surface area contributed by atoms with Crippen LogP contribution < -0.4 is 0 Å². The van der Waals surface area contributed by atoms with Crippen molar-refractivity contribution < 1.29 is 0 Å². The van der Waals surface area contributed by atoms with Gasteiger partial charge in [0.1, 0.15) is 4.84 Å². The van der Waals surface area contributed by atoms with Crippen LogP contribution in [0.2, 0.25) is 0 Å². The van der Waals surface area contributed by atoms with E-state index in [2.05, 4.69) is 5.80 Å². The Bertz CT molecular complexity index is 145. The van der Waals surface area contributed by atoms with Gasteiger partial charge in [-0.1, -0.05) is 35.3 Å². The highest BCUT2D eigenvalue weighted by atomic mass is 35.5. The third-order valence-electron chi connectivity index (χ3n) is 0.857. The lowest BCUT2D eigenvalue weighted by atomic mass is 10.5. The molecular formula is C5H5Cl2P. The summed E-state index contributed by atoms with van der Waals surface area (Å²) in [6.07, 6.45) is 0. The zero-order valence-electron chi connectivity index (χ0n) is 4.07. The molecule has 0 aliphatic rings. The summed E-state index contributed by atoms with van der Waals surface area (Å²) in [5, 5.41) is 1.12. The minimum absolute atomic E-state index is 0.302. The summed E-state index contributed by atoms with van der Waals surface area (Å²) in [6.45, 7) is 0. The summed E-state index contributed by atoms with van der Waals surface area (Å²) >= 11 is 11.1. The van der Waals surface area contributed by atoms with E-state index in [0.29, 0.717) is 8.19 Å². The van der Waals surface area contributed by atoms with Crippen molar-refractivity contribution in [2.24, 2.45) is 0 Å². The highest BCUT2D eigenvalue weighted by molar-refractivity contribution is 7.30. The van der Waals surface area contributed by atoms with Crippen molar-refractivity contribution in [3.63, 3.8) is 0 Å². The second kappa shape index (κ2) is 2.77. The maximum Gasteiger partial charge on any atom is 0.136 e. The van der Waals surface area contributed by atoms with Crippen molar-refractivity contribution >= 4 is 31.4 Å². The molecule has 0 bridgehead atoms. The van der Waals surface area contributed by atoms with Gasteiger partial charge in [0.25, 0.3) is 0 Å². The molecule has 1 atom stereocenters. The highest BCUT2D eigenvalue weighted by Gasteiger charge is 1.99. The van der Waals surface area contributed by atoms with Gasteiger partial charge in [0.15, 0.2) is 0 Å². The molecule has 0 amide bonds. The molecule has 1 aromatic heterocycles. The van der Waals surface area contributed by atoms with Crippen LogP contribution in [0.5, 0.6) is 0 Å². The second-order valence-corrected chi connectivity index (χ2v) is 3.72. The topological polar surface area (TPSA) is 0 Å². The molecule has 0 fully saturated rings. The van der Waals surface area contributed by atoms with E-state index >= 15 is 0 Å². The van der Waals surface area contributed by atoms with Gasteiger partial charge < -0.3 is 0 Å². The van der Waals surface area contributed by atoms with E-state index in [0.717, 1.165) is 5.30 Å². The predicted octanol–water partition coefficient (Wildman–Crippen LogP) is 3.19. The Labute approximate surface area is 59.9 Å². The largest absolute Gasteiger partial charge is 0.136 e. The number of alkyl halides is 2. The number of hydrogen-bond acceptors (Lipinski definition) is 0. The number of halogens is 2. The van der Waals surface area contributed by atoms with Crippen molar-refractivity contribution in [1.82, 2.24) is 0 Å². The normalized spacial score (nSPS) is 11.4. The molecule has 1 heterocycles. The van der Waals surface area contributed by atoms with Gasteiger partial charge in [0.2, 0.25) is 0 Å². The Kier molecular flexibility index (Phi) is 2.25. The highest BCUT2D eigenvalue weighted by Crippen LogP contribution is 2.31.